The Hall–Kier alpha value is -3.83. The number of nitrogens with one attached hydrogen (secondary N) is 2. The van der Waals surface area contributed by atoms with Crippen molar-refractivity contribution in [3.63, 3.8) is 0 Å². The third-order valence-electron chi connectivity index (χ3n) is 5.17. The van der Waals surface area contributed by atoms with Gasteiger partial charge in [0.05, 0.1) is 22.3 Å². The van der Waals surface area contributed by atoms with Crippen molar-refractivity contribution in [3.05, 3.63) is 80.4 Å². The highest BCUT2D eigenvalue weighted by Gasteiger charge is 2.16. The van der Waals surface area contributed by atoms with Gasteiger partial charge in [0.2, 0.25) is 0 Å². The highest BCUT2D eigenvalue weighted by atomic mass is 35.5. The number of halogens is 1. The summed E-state index contributed by atoms with van der Waals surface area (Å²) in [6, 6.07) is 10.6. The van der Waals surface area contributed by atoms with Crippen LogP contribution in [0.3, 0.4) is 0 Å². The van der Waals surface area contributed by atoms with Crippen molar-refractivity contribution in [2.24, 2.45) is 0 Å². The smallest absolute Gasteiger partial charge is 0.253 e. The third kappa shape index (κ3) is 4.47. The van der Waals surface area contributed by atoms with E-state index in [9.17, 15) is 4.79 Å². The van der Waals surface area contributed by atoms with E-state index in [1.54, 1.807) is 29.9 Å². The molecule has 0 radical (unpaired) electrons. The van der Waals surface area contributed by atoms with Crippen LogP contribution in [0.15, 0.2) is 52.8 Å². The quantitative estimate of drug-likeness (QED) is 0.347. The molecule has 1 aromatic carbocycles. The molecule has 2 N–H and O–H groups in total. The number of hydrogen-bond acceptors (Lipinski definition) is 9. The van der Waals surface area contributed by atoms with Crippen molar-refractivity contribution in [1.82, 2.24) is 35.2 Å². The lowest BCUT2D eigenvalue weighted by Crippen LogP contribution is -2.19. The lowest BCUT2D eigenvalue weighted by molar-refractivity contribution is 0.302. The predicted molar refractivity (Wildman–Crippen MR) is 130 cm³/mol. The summed E-state index contributed by atoms with van der Waals surface area (Å²) in [5.74, 6) is 1.72. The molecular formula is C22H19ClN8O2S. The van der Waals surface area contributed by atoms with Crippen LogP contribution in [-0.2, 0) is 6.61 Å². The van der Waals surface area contributed by atoms with Crippen molar-refractivity contribution in [3.8, 4) is 11.6 Å². The van der Waals surface area contributed by atoms with Gasteiger partial charge in [-0.1, -0.05) is 17.7 Å². The largest absolute Gasteiger partial charge is 0.486 e. The number of hydrogen-bond donors (Lipinski definition) is 2. The molecule has 5 aromatic rings. The highest BCUT2D eigenvalue weighted by molar-refractivity contribution is 7.13. The summed E-state index contributed by atoms with van der Waals surface area (Å²) >= 11 is 7.86. The summed E-state index contributed by atoms with van der Waals surface area (Å²) < 4.78 is 7.36. The summed E-state index contributed by atoms with van der Waals surface area (Å²) in [5.41, 5.74) is 1.76. The number of thiazole rings is 1. The summed E-state index contributed by atoms with van der Waals surface area (Å²) in [6.07, 6.45) is 1.70. The Kier molecular flexibility index (Phi) is 5.95. The van der Waals surface area contributed by atoms with Gasteiger partial charge in [0.1, 0.15) is 12.4 Å². The molecule has 5 rings (SSSR count). The first-order valence-corrected chi connectivity index (χ1v) is 11.6. The molecule has 1 atom stereocenters. The molecule has 0 saturated heterocycles. The van der Waals surface area contributed by atoms with Gasteiger partial charge in [0.25, 0.3) is 5.56 Å². The minimum absolute atomic E-state index is 0.210. The normalized spacial score (nSPS) is 12.1. The van der Waals surface area contributed by atoms with Gasteiger partial charge in [-0.2, -0.15) is 4.68 Å². The monoisotopic (exact) mass is 494 g/mol. The third-order valence-corrected chi connectivity index (χ3v) is 6.22. The van der Waals surface area contributed by atoms with E-state index < -0.39 is 0 Å². The fraction of sp³-hybridized carbons (Fsp3) is 0.182. The number of H-pyrrole nitrogens is 1. The molecule has 4 aromatic heterocycles. The van der Waals surface area contributed by atoms with Crippen molar-refractivity contribution < 1.29 is 4.74 Å². The van der Waals surface area contributed by atoms with Crippen LogP contribution >= 0.6 is 22.9 Å². The zero-order valence-corrected chi connectivity index (χ0v) is 19.8. The van der Waals surface area contributed by atoms with Gasteiger partial charge in [-0.05, 0) is 48.5 Å². The first kappa shape index (κ1) is 22.0. The molecule has 0 saturated carbocycles. The second-order valence-corrected chi connectivity index (χ2v) is 8.81. The lowest BCUT2D eigenvalue weighted by Gasteiger charge is -2.14. The number of aromatic amines is 1. The second kappa shape index (κ2) is 9.20. The first-order valence-electron chi connectivity index (χ1n) is 10.3. The number of benzene rings is 1. The molecule has 10 nitrogen and oxygen atoms in total. The van der Waals surface area contributed by atoms with Gasteiger partial charge in [0, 0.05) is 28.6 Å². The van der Waals surface area contributed by atoms with E-state index in [1.807, 2.05) is 36.6 Å². The van der Waals surface area contributed by atoms with E-state index in [1.165, 1.54) is 11.3 Å². The average molecular weight is 495 g/mol. The molecule has 0 aliphatic rings. The van der Waals surface area contributed by atoms with E-state index in [-0.39, 0.29) is 18.2 Å². The Morgan fingerprint density at radius 3 is 2.94 bits per heavy atom. The molecule has 0 fully saturated rings. The maximum absolute atomic E-state index is 12.9. The molecular weight excluding hydrogens is 476 g/mol. The Bertz CT molecular complexity index is 1510. The van der Waals surface area contributed by atoms with Gasteiger partial charge in [-0.3, -0.25) is 9.78 Å². The minimum Gasteiger partial charge on any atom is -0.486 e. The second-order valence-electron chi connectivity index (χ2n) is 7.55. The van der Waals surface area contributed by atoms with Crippen LogP contribution in [0.2, 0.25) is 5.02 Å². The average Bonchev–Trinajstić information content (AvgIpc) is 3.46. The van der Waals surface area contributed by atoms with Crippen LogP contribution in [0, 0.1) is 6.92 Å². The molecule has 0 aliphatic carbocycles. The van der Waals surface area contributed by atoms with E-state index >= 15 is 0 Å². The number of ether oxygens (including phenoxy) is 1. The van der Waals surface area contributed by atoms with E-state index in [2.05, 4.69) is 35.8 Å². The number of aromatic nitrogens is 7. The van der Waals surface area contributed by atoms with Crippen molar-refractivity contribution in [2.75, 3.05) is 5.32 Å². The number of rotatable bonds is 7. The fourth-order valence-electron chi connectivity index (χ4n) is 3.43. The minimum atomic E-state index is -0.305. The molecule has 34 heavy (non-hydrogen) atoms. The van der Waals surface area contributed by atoms with Crippen LogP contribution in [0.5, 0.6) is 5.75 Å². The topological polar surface area (TPSA) is 123 Å². The van der Waals surface area contributed by atoms with Gasteiger partial charge in [0.15, 0.2) is 16.8 Å². The summed E-state index contributed by atoms with van der Waals surface area (Å²) in [5, 5.41) is 18.4. The van der Waals surface area contributed by atoms with Gasteiger partial charge < -0.3 is 15.0 Å². The standard InChI is InChI=1S/C22H19ClN8O2S/c1-12(25-22-27-20(11-34-22)31-13(2)28-29-30-31)16-7-14-8-17(23)19(9-18(14)26-21(16)32)33-10-15-5-3-4-6-24-15/h3-9,11-12H,10H2,1-2H3,(H,25,27)(H,26,32). The van der Waals surface area contributed by atoms with E-state index in [0.29, 0.717) is 38.6 Å². The molecule has 0 spiro atoms. The van der Waals surface area contributed by atoms with Gasteiger partial charge in [-0.25, -0.2) is 4.98 Å². The molecule has 4 heterocycles. The van der Waals surface area contributed by atoms with Crippen LogP contribution in [0.25, 0.3) is 16.7 Å². The van der Waals surface area contributed by atoms with Crippen LogP contribution in [-0.4, -0.2) is 35.2 Å². The summed E-state index contributed by atoms with van der Waals surface area (Å²) in [6.45, 7) is 3.96. The van der Waals surface area contributed by atoms with Crippen molar-refractivity contribution in [1.29, 1.82) is 0 Å². The maximum Gasteiger partial charge on any atom is 0.253 e. The van der Waals surface area contributed by atoms with Crippen molar-refractivity contribution in [2.45, 2.75) is 26.5 Å². The zero-order valence-electron chi connectivity index (χ0n) is 18.2. The SMILES string of the molecule is Cc1nnnn1-c1csc(NC(C)c2cc3cc(Cl)c(OCc4ccccn4)cc3[nH]c2=O)n1. The number of aryl methyl sites for hydroxylation is 1. The Morgan fingerprint density at radius 2 is 2.18 bits per heavy atom. The molecule has 0 bridgehead atoms. The maximum atomic E-state index is 12.9. The first-order chi connectivity index (χ1) is 16.5. The van der Waals surface area contributed by atoms with Gasteiger partial charge in [-0.15, -0.1) is 16.4 Å². The zero-order chi connectivity index (χ0) is 23.7. The van der Waals surface area contributed by atoms with Gasteiger partial charge >= 0.3 is 0 Å². The molecule has 0 aliphatic heterocycles. The summed E-state index contributed by atoms with van der Waals surface area (Å²) in [7, 11) is 0. The Labute approximate surface area is 202 Å². The molecule has 0 amide bonds. The number of anilines is 1. The molecule has 172 valence electrons. The van der Waals surface area contributed by atoms with Crippen LogP contribution in [0.4, 0.5) is 5.13 Å². The highest BCUT2D eigenvalue weighted by Crippen LogP contribution is 2.31. The molecule has 1 unspecified atom stereocenters. The van der Waals surface area contributed by atoms with Crippen molar-refractivity contribution >= 4 is 39.0 Å². The van der Waals surface area contributed by atoms with E-state index in [0.717, 1.165) is 11.1 Å². The fourth-order valence-corrected chi connectivity index (χ4v) is 4.41. The van der Waals surface area contributed by atoms with E-state index in [4.69, 9.17) is 16.3 Å². The molecule has 12 heteroatoms. The Balaban J connectivity index is 1.36. The number of pyridine rings is 2. The number of tetrazole rings is 1. The van der Waals surface area contributed by atoms with Crippen LogP contribution < -0.4 is 15.6 Å². The predicted octanol–water partition coefficient (Wildman–Crippen LogP) is 4.07. The summed E-state index contributed by atoms with van der Waals surface area (Å²) in [4.78, 5) is 24.5. The lowest BCUT2D eigenvalue weighted by atomic mass is 10.1. The van der Waals surface area contributed by atoms with Crippen LogP contribution in [0.1, 0.15) is 30.0 Å². The number of nitrogens with zero attached hydrogens (tertiary/aromatic N) is 6. The number of fused-ring (bicyclic) bond motifs is 1. The Morgan fingerprint density at radius 1 is 1.29 bits per heavy atom.